The maximum atomic E-state index is 13.3. The van der Waals surface area contributed by atoms with Crippen LogP contribution in [0.2, 0.25) is 0 Å². The van der Waals surface area contributed by atoms with Gasteiger partial charge in [-0.05, 0) is 73.8 Å². The lowest BCUT2D eigenvalue weighted by Gasteiger charge is -2.38. The van der Waals surface area contributed by atoms with Crippen molar-refractivity contribution < 1.29 is 47.8 Å². The van der Waals surface area contributed by atoms with E-state index >= 15 is 0 Å². The average Bonchev–Trinajstić information content (AvgIpc) is 3.05. The van der Waals surface area contributed by atoms with Gasteiger partial charge in [-0.1, -0.05) is 46.2 Å². The highest BCUT2D eigenvalue weighted by atomic mass is 16.5. The molecule has 1 atom stereocenters. The molecule has 0 saturated heterocycles. The number of primary amides is 1. The van der Waals surface area contributed by atoms with Crippen LogP contribution in [0.3, 0.4) is 0 Å². The van der Waals surface area contributed by atoms with Crippen LogP contribution in [0.4, 0.5) is 10.5 Å². The number of amides is 5. The zero-order chi connectivity index (χ0) is 38.7. The van der Waals surface area contributed by atoms with E-state index in [0.717, 1.165) is 0 Å². The maximum absolute atomic E-state index is 13.3. The summed E-state index contributed by atoms with van der Waals surface area (Å²) in [5.74, 6) is -3.06. The van der Waals surface area contributed by atoms with Gasteiger partial charge in [0.15, 0.2) is 0 Å². The molecule has 0 heterocycles. The van der Waals surface area contributed by atoms with Gasteiger partial charge in [0, 0.05) is 37.3 Å². The molecule has 1 aromatic carbocycles. The first-order valence-electron chi connectivity index (χ1n) is 17.6. The molecule has 1 aromatic rings. The molecule has 1 unspecified atom stereocenters. The third-order valence-electron chi connectivity index (χ3n) is 7.83. The number of urea groups is 1. The molecule has 0 aromatic heterocycles. The third kappa shape index (κ3) is 15.0. The second-order valence-electron chi connectivity index (χ2n) is 13.3. The molecular weight excluding hydrogens is 674 g/mol. The molecule has 1 aliphatic rings. The van der Waals surface area contributed by atoms with Crippen molar-refractivity contribution in [3.8, 4) is 0 Å². The van der Waals surface area contributed by atoms with Gasteiger partial charge >= 0.3 is 23.9 Å². The summed E-state index contributed by atoms with van der Waals surface area (Å²) in [6.45, 7) is 9.98. The molecule has 0 bridgehead atoms. The second kappa shape index (κ2) is 21.9. The first-order chi connectivity index (χ1) is 24.7. The van der Waals surface area contributed by atoms with E-state index in [1.54, 1.807) is 25.1 Å². The molecule has 52 heavy (non-hydrogen) atoms. The van der Waals surface area contributed by atoms with Crippen LogP contribution in [0.1, 0.15) is 84.3 Å². The number of rotatable bonds is 21. The van der Waals surface area contributed by atoms with E-state index in [1.807, 2.05) is 27.7 Å². The summed E-state index contributed by atoms with van der Waals surface area (Å²) in [6.07, 6.45) is 7.04. The van der Waals surface area contributed by atoms with Crippen LogP contribution < -0.4 is 27.0 Å². The largest absolute Gasteiger partial charge is 0.465 e. The van der Waals surface area contributed by atoms with Crippen LogP contribution >= 0.6 is 0 Å². The number of carbonyl (C=O) groups is 7. The zero-order valence-corrected chi connectivity index (χ0v) is 30.7. The Labute approximate surface area is 304 Å². The fraction of sp³-hybridized carbons (Fsp3) is 0.541. The molecule has 6 N–H and O–H groups in total. The Morgan fingerprint density at radius 3 is 2.06 bits per heavy atom. The summed E-state index contributed by atoms with van der Waals surface area (Å²) < 4.78 is 15.5. The zero-order valence-electron chi connectivity index (χ0n) is 30.7. The van der Waals surface area contributed by atoms with Crippen molar-refractivity contribution in [2.45, 2.75) is 79.2 Å². The molecule has 5 amide bonds. The van der Waals surface area contributed by atoms with Crippen LogP contribution in [0.15, 0.2) is 30.4 Å². The number of nitrogens with two attached hydrogens (primary N) is 1. The monoisotopic (exact) mass is 727 g/mol. The third-order valence-corrected chi connectivity index (χ3v) is 7.83. The van der Waals surface area contributed by atoms with Gasteiger partial charge in [0.05, 0.1) is 19.8 Å². The Kier molecular flexibility index (Phi) is 18.1. The lowest BCUT2D eigenvalue weighted by molar-refractivity contribution is -0.168. The van der Waals surface area contributed by atoms with E-state index in [-0.39, 0.29) is 64.0 Å². The van der Waals surface area contributed by atoms with Crippen molar-refractivity contribution in [3.05, 3.63) is 41.5 Å². The quantitative estimate of drug-likeness (QED) is 0.0409. The normalized spacial score (nSPS) is 14.0. The number of benzene rings is 1. The van der Waals surface area contributed by atoms with Gasteiger partial charge in [0.2, 0.25) is 17.7 Å². The van der Waals surface area contributed by atoms with E-state index in [2.05, 4.69) is 21.3 Å². The van der Waals surface area contributed by atoms with E-state index < -0.39 is 53.1 Å². The maximum Gasteiger partial charge on any atom is 0.330 e. The van der Waals surface area contributed by atoms with Gasteiger partial charge in [-0.15, -0.1) is 0 Å². The van der Waals surface area contributed by atoms with Crippen LogP contribution in [-0.2, 0) is 43.0 Å². The summed E-state index contributed by atoms with van der Waals surface area (Å²) in [5.41, 5.74) is 5.15. The molecule has 0 radical (unpaired) electrons. The Morgan fingerprint density at radius 2 is 1.50 bits per heavy atom. The van der Waals surface area contributed by atoms with Gasteiger partial charge in [0.25, 0.3) is 0 Å². The Hall–Kier alpha value is -5.21. The van der Waals surface area contributed by atoms with Gasteiger partial charge in [0.1, 0.15) is 11.5 Å². The molecule has 0 aliphatic heterocycles. The van der Waals surface area contributed by atoms with E-state index in [1.165, 1.54) is 24.3 Å². The summed E-state index contributed by atoms with van der Waals surface area (Å²) in [7, 11) is 0. The predicted molar refractivity (Wildman–Crippen MR) is 194 cm³/mol. The summed E-state index contributed by atoms with van der Waals surface area (Å²) in [4.78, 5) is 87.6. The van der Waals surface area contributed by atoms with Crippen LogP contribution in [0, 0.1) is 17.3 Å². The van der Waals surface area contributed by atoms with Gasteiger partial charge < -0.3 is 41.2 Å². The lowest BCUT2D eigenvalue weighted by Crippen LogP contribution is -2.57. The van der Waals surface area contributed by atoms with Crippen LogP contribution in [0.5, 0.6) is 0 Å². The van der Waals surface area contributed by atoms with Gasteiger partial charge in [-0.25, -0.2) is 14.4 Å². The smallest absolute Gasteiger partial charge is 0.330 e. The first kappa shape index (κ1) is 43.0. The van der Waals surface area contributed by atoms with Gasteiger partial charge in [-0.3, -0.25) is 19.2 Å². The predicted octanol–water partition coefficient (Wildman–Crippen LogP) is 3.22. The SMILES string of the molecule is CCOC(=O)C1(C(=O)NC(CCCNC(N)=O)C(=O)NCCC(=O)Nc2cc(C=CC(=O)OCC(C)C)ccc2C=CC(=O)OCC(C)C)CCC1. The lowest BCUT2D eigenvalue weighted by atomic mass is 9.68. The summed E-state index contributed by atoms with van der Waals surface area (Å²) in [5, 5.41) is 10.5. The minimum Gasteiger partial charge on any atom is -0.465 e. The van der Waals surface area contributed by atoms with Crippen LogP contribution in [0.25, 0.3) is 12.2 Å². The summed E-state index contributed by atoms with van der Waals surface area (Å²) in [6, 6.07) is 3.17. The number of hydrogen-bond acceptors (Lipinski definition) is 10. The number of nitrogens with one attached hydrogen (secondary N) is 4. The number of carbonyl (C=O) groups excluding carboxylic acids is 7. The second-order valence-corrected chi connectivity index (χ2v) is 13.3. The molecule has 0 spiro atoms. The van der Waals surface area contributed by atoms with Crippen molar-refractivity contribution in [1.29, 1.82) is 0 Å². The number of anilines is 1. The highest BCUT2D eigenvalue weighted by molar-refractivity contribution is 6.05. The fourth-order valence-electron chi connectivity index (χ4n) is 4.89. The molecule has 15 nitrogen and oxygen atoms in total. The van der Waals surface area contributed by atoms with E-state index in [4.69, 9.17) is 19.9 Å². The van der Waals surface area contributed by atoms with Crippen molar-refractivity contribution in [3.63, 3.8) is 0 Å². The highest BCUT2D eigenvalue weighted by Gasteiger charge is 2.52. The Bertz CT molecular complexity index is 1480. The topological polar surface area (TPSA) is 221 Å². The molecular formula is C37H53N5O10. The minimum atomic E-state index is -1.37. The molecule has 1 fully saturated rings. The van der Waals surface area contributed by atoms with Crippen molar-refractivity contribution in [2.24, 2.45) is 23.0 Å². The number of ether oxygens (including phenoxy) is 3. The number of esters is 3. The molecule has 2 rings (SSSR count). The summed E-state index contributed by atoms with van der Waals surface area (Å²) >= 11 is 0. The molecule has 286 valence electrons. The van der Waals surface area contributed by atoms with Crippen molar-refractivity contribution >= 4 is 59.5 Å². The van der Waals surface area contributed by atoms with Crippen molar-refractivity contribution in [2.75, 3.05) is 38.2 Å². The Balaban J connectivity index is 2.14. The molecule has 15 heteroatoms. The highest BCUT2D eigenvalue weighted by Crippen LogP contribution is 2.42. The Morgan fingerprint density at radius 1 is 0.865 bits per heavy atom. The standard InChI is InChI=1S/C37H53N5O10/c1-6-50-35(48)37(17-8-18-37)34(47)42-28(9-7-19-40-36(38)49)33(46)39-20-16-30(43)41-29-21-26(11-14-31(44)51-22-24(2)3)10-12-27(29)13-15-32(45)52-23-25(4)5/h10-15,21,24-25,28H,6-9,16-20,22-23H2,1-5H3,(H,39,46)(H,41,43)(H,42,47)(H3,38,40,49). The average molecular weight is 728 g/mol. The van der Waals surface area contributed by atoms with Crippen LogP contribution in [-0.4, -0.2) is 80.6 Å². The number of hydrogen-bond donors (Lipinski definition) is 5. The van der Waals surface area contributed by atoms with Gasteiger partial charge in [-0.2, -0.15) is 0 Å². The first-order valence-corrected chi connectivity index (χ1v) is 17.6. The van der Waals surface area contributed by atoms with Crippen molar-refractivity contribution in [1.82, 2.24) is 16.0 Å². The molecule has 1 saturated carbocycles. The minimum absolute atomic E-state index is 0.104. The van der Waals surface area contributed by atoms with E-state index in [0.29, 0.717) is 36.1 Å². The van der Waals surface area contributed by atoms with E-state index in [9.17, 15) is 33.6 Å². The fourth-order valence-corrected chi connectivity index (χ4v) is 4.89. The molecule has 1 aliphatic carbocycles.